The highest BCUT2D eigenvalue weighted by Crippen LogP contribution is 2.27. The summed E-state index contributed by atoms with van der Waals surface area (Å²) in [6.07, 6.45) is 0.676. The highest BCUT2D eigenvalue weighted by Gasteiger charge is 2.04. The van der Waals surface area contributed by atoms with E-state index in [-0.39, 0.29) is 0 Å². The molecule has 0 spiro atoms. The lowest BCUT2D eigenvalue weighted by Crippen LogP contribution is -2.02. The molecular weight excluding hydrogens is 226 g/mol. The van der Waals surface area contributed by atoms with Crippen LogP contribution in [0.2, 0.25) is 0 Å². The average Bonchev–Trinajstić information content (AvgIpc) is 2.42. The number of phenols is 1. The van der Waals surface area contributed by atoms with E-state index in [1.165, 1.54) is 0 Å². The number of aromatic hydroxyl groups is 1. The van der Waals surface area contributed by atoms with E-state index in [0.717, 1.165) is 22.4 Å². The number of rotatable bonds is 4. The van der Waals surface area contributed by atoms with Gasteiger partial charge < -0.3 is 15.6 Å². The molecule has 0 saturated carbocycles. The number of methoxy groups -OCH3 is 1. The highest BCUT2D eigenvalue weighted by molar-refractivity contribution is 5.66. The predicted molar refractivity (Wildman–Crippen MR) is 72.9 cm³/mol. The molecule has 0 unspecified atom stereocenters. The van der Waals surface area contributed by atoms with Gasteiger partial charge in [0.05, 0.1) is 7.11 Å². The molecule has 0 heterocycles. The van der Waals surface area contributed by atoms with E-state index in [2.05, 4.69) is 0 Å². The summed E-state index contributed by atoms with van der Waals surface area (Å²) in [4.78, 5) is 0. The maximum atomic E-state index is 9.72. The smallest absolute Gasteiger partial charge is 0.118 e. The first-order valence-electron chi connectivity index (χ1n) is 5.91. The quantitative estimate of drug-likeness (QED) is 0.867. The van der Waals surface area contributed by atoms with E-state index in [4.69, 9.17) is 10.5 Å². The summed E-state index contributed by atoms with van der Waals surface area (Å²) < 4.78 is 5.13. The zero-order valence-electron chi connectivity index (χ0n) is 10.4. The van der Waals surface area contributed by atoms with Gasteiger partial charge >= 0.3 is 0 Å². The van der Waals surface area contributed by atoms with E-state index in [1.54, 1.807) is 13.2 Å². The Balaban J connectivity index is 2.34. The minimum absolute atomic E-state index is 0.303. The summed E-state index contributed by atoms with van der Waals surface area (Å²) in [5, 5.41) is 9.72. The molecule has 0 atom stereocenters. The van der Waals surface area contributed by atoms with Gasteiger partial charge in [0.2, 0.25) is 0 Å². The van der Waals surface area contributed by atoms with Crippen LogP contribution in [0.5, 0.6) is 11.5 Å². The molecular formula is C15H17NO2. The first kappa shape index (κ1) is 12.5. The van der Waals surface area contributed by atoms with Crippen molar-refractivity contribution >= 4 is 0 Å². The van der Waals surface area contributed by atoms with Crippen molar-refractivity contribution in [3.05, 3.63) is 48.0 Å². The van der Waals surface area contributed by atoms with Crippen LogP contribution >= 0.6 is 0 Å². The van der Waals surface area contributed by atoms with Crippen molar-refractivity contribution in [3.63, 3.8) is 0 Å². The van der Waals surface area contributed by atoms with E-state index in [1.807, 2.05) is 36.4 Å². The Labute approximate surface area is 107 Å². The summed E-state index contributed by atoms with van der Waals surface area (Å²) in [6, 6.07) is 13.4. The molecule has 3 N–H and O–H groups in total. The van der Waals surface area contributed by atoms with Crippen LogP contribution in [0.4, 0.5) is 0 Å². The fraction of sp³-hybridized carbons (Fsp3) is 0.200. The third-order valence-corrected chi connectivity index (χ3v) is 2.92. The van der Waals surface area contributed by atoms with Crippen molar-refractivity contribution in [2.75, 3.05) is 13.7 Å². The molecule has 0 aliphatic rings. The molecule has 18 heavy (non-hydrogen) atoms. The fourth-order valence-corrected chi connectivity index (χ4v) is 1.90. The summed E-state index contributed by atoms with van der Waals surface area (Å²) in [5.41, 5.74) is 8.57. The first-order valence-corrected chi connectivity index (χ1v) is 5.91. The molecule has 0 aliphatic carbocycles. The zero-order chi connectivity index (χ0) is 13.0. The maximum absolute atomic E-state index is 9.72. The Bertz CT molecular complexity index is 521. The second kappa shape index (κ2) is 5.56. The monoisotopic (exact) mass is 243 g/mol. The van der Waals surface area contributed by atoms with Gasteiger partial charge in [-0.3, -0.25) is 0 Å². The molecule has 3 heteroatoms. The highest BCUT2D eigenvalue weighted by atomic mass is 16.5. The van der Waals surface area contributed by atoms with Crippen LogP contribution in [-0.2, 0) is 6.42 Å². The van der Waals surface area contributed by atoms with Gasteiger partial charge in [-0.25, -0.2) is 0 Å². The molecule has 0 aromatic heterocycles. The minimum Gasteiger partial charge on any atom is -0.508 e. The summed E-state index contributed by atoms with van der Waals surface area (Å²) >= 11 is 0. The fourth-order valence-electron chi connectivity index (χ4n) is 1.90. The number of hydrogen-bond donors (Lipinski definition) is 2. The summed E-state index contributed by atoms with van der Waals surface area (Å²) in [5.74, 6) is 1.14. The Morgan fingerprint density at radius 1 is 1.06 bits per heavy atom. The molecule has 0 bridgehead atoms. The zero-order valence-corrected chi connectivity index (χ0v) is 10.4. The van der Waals surface area contributed by atoms with Gasteiger partial charge in [-0.15, -0.1) is 0 Å². The van der Waals surface area contributed by atoms with Gasteiger partial charge in [0.15, 0.2) is 0 Å². The Kier molecular flexibility index (Phi) is 3.85. The second-order valence-corrected chi connectivity index (χ2v) is 4.11. The topological polar surface area (TPSA) is 55.5 Å². The molecule has 0 fully saturated rings. The van der Waals surface area contributed by atoms with Crippen LogP contribution in [0.1, 0.15) is 5.56 Å². The number of nitrogens with two attached hydrogens (primary N) is 1. The van der Waals surface area contributed by atoms with Crippen LogP contribution in [0.15, 0.2) is 42.5 Å². The van der Waals surface area contributed by atoms with E-state index >= 15 is 0 Å². The van der Waals surface area contributed by atoms with Crippen molar-refractivity contribution in [2.24, 2.45) is 5.73 Å². The van der Waals surface area contributed by atoms with E-state index < -0.39 is 0 Å². The van der Waals surface area contributed by atoms with Crippen LogP contribution < -0.4 is 10.5 Å². The number of hydrogen-bond acceptors (Lipinski definition) is 3. The van der Waals surface area contributed by atoms with Gasteiger partial charge in [-0.05, 0) is 53.9 Å². The van der Waals surface area contributed by atoms with Gasteiger partial charge in [0.1, 0.15) is 11.5 Å². The SMILES string of the molecule is COc1ccc(-c2ccc(O)c(CCN)c2)cc1. The Morgan fingerprint density at radius 2 is 1.72 bits per heavy atom. The average molecular weight is 243 g/mol. The molecule has 0 amide bonds. The van der Waals surface area contributed by atoms with Crippen LogP contribution in [0.25, 0.3) is 11.1 Å². The van der Waals surface area contributed by atoms with Crippen LogP contribution in [-0.4, -0.2) is 18.8 Å². The molecule has 0 radical (unpaired) electrons. The predicted octanol–water partition coefficient (Wildman–Crippen LogP) is 2.57. The van der Waals surface area contributed by atoms with Gasteiger partial charge in [-0.1, -0.05) is 18.2 Å². The number of benzene rings is 2. The maximum Gasteiger partial charge on any atom is 0.118 e. The molecule has 2 rings (SSSR count). The van der Waals surface area contributed by atoms with Crippen LogP contribution in [0, 0.1) is 0 Å². The molecule has 2 aromatic rings. The standard InChI is InChI=1S/C15H17NO2/c1-18-14-5-2-11(3-6-14)12-4-7-15(17)13(10-12)8-9-16/h2-7,10,17H,8-9,16H2,1H3. The van der Waals surface area contributed by atoms with Crippen molar-refractivity contribution in [3.8, 4) is 22.6 Å². The molecule has 2 aromatic carbocycles. The Hall–Kier alpha value is -2.00. The van der Waals surface area contributed by atoms with Crippen molar-refractivity contribution in [1.82, 2.24) is 0 Å². The van der Waals surface area contributed by atoms with Gasteiger partial charge in [0, 0.05) is 0 Å². The van der Waals surface area contributed by atoms with Gasteiger partial charge in [0.25, 0.3) is 0 Å². The summed E-state index contributed by atoms with van der Waals surface area (Å²) in [7, 11) is 1.65. The van der Waals surface area contributed by atoms with E-state index in [9.17, 15) is 5.11 Å². The lowest BCUT2D eigenvalue weighted by molar-refractivity contribution is 0.415. The van der Waals surface area contributed by atoms with Gasteiger partial charge in [-0.2, -0.15) is 0 Å². The lowest BCUT2D eigenvalue weighted by Gasteiger charge is -2.08. The third kappa shape index (κ3) is 2.63. The molecule has 3 nitrogen and oxygen atoms in total. The van der Waals surface area contributed by atoms with Crippen molar-refractivity contribution < 1.29 is 9.84 Å². The van der Waals surface area contributed by atoms with Crippen LogP contribution in [0.3, 0.4) is 0 Å². The second-order valence-electron chi connectivity index (χ2n) is 4.11. The minimum atomic E-state index is 0.303. The molecule has 0 saturated heterocycles. The number of ether oxygens (including phenoxy) is 1. The van der Waals surface area contributed by atoms with Crippen molar-refractivity contribution in [1.29, 1.82) is 0 Å². The third-order valence-electron chi connectivity index (χ3n) is 2.92. The molecule has 94 valence electrons. The normalized spacial score (nSPS) is 10.3. The Morgan fingerprint density at radius 3 is 2.33 bits per heavy atom. The first-order chi connectivity index (χ1) is 8.74. The van der Waals surface area contributed by atoms with E-state index in [0.29, 0.717) is 18.7 Å². The largest absolute Gasteiger partial charge is 0.508 e. The number of phenolic OH excluding ortho intramolecular Hbond substituents is 1. The summed E-state index contributed by atoms with van der Waals surface area (Å²) in [6.45, 7) is 0.527. The van der Waals surface area contributed by atoms with Crippen molar-refractivity contribution in [2.45, 2.75) is 6.42 Å². The lowest BCUT2D eigenvalue weighted by atomic mass is 10.0. The molecule has 0 aliphatic heterocycles.